The van der Waals surface area contributed by atoms with E-state index in [1.54, 1.807) is 12.1 Å². The summed E-state index contributed by atoms with van der Waals surface area (Å²) in [6.07, 6.45) is 1.46. The molecule has 0 bridgehead atoms. The van der Waals surface area contributed by atoms with Crippen LogP contribution in [0.2, 0.25) is 5.02 Å². The first-order chi connectivity index (χ1) is 15.9. The first kappa shape index (κ1) is 24.5. The second kappa shape index (κ2) is 11.6. The molecule has 0 unspecified atom stereocenters. The SMILES string of the molecule is CCOc1cc(C=NNC(=O)c2cccc([N+](=O)[O-])c2)cc(I)c1OCc1ccccc1Cl. The molecule has 3 aromatic carbocycles. The number of benzene rings is 3. The van der Waals surface area contributed by atoms with Crippen LogP contribution in [-0.2, 0) is 6.61 Å². The molecular weight excluding hydrogens is 561 g/mol. The van der Waals surface area contributed by atoms with Gasteiger partial charge in [-0.2, -0.15) is 5.10 Å². The van der Waals surface area contributed by atoms with Crippen molar-refractivity contribution in [1.82, 2.24) is 5.43 Å². The first-order valence-corrected chi connectivity index (χ1v) is 11.2. The molecule has 8 nitrogen and oxygen atoms in total. The van der Waals surface area contributed by atoms with Crippen LogP contribution in [0.5, 0.6) is 11.5 Å². The number of hydrogen-bond acceptors (Lipinski definition) is 6. The molecular formula is C23H19ClIN3O5. The van der Waals surface area contributed by atoms with E-state index in [0.29, 0.717) is 28.7 Å². The monoisotopic (exact) mass is 579 g/mol. The summed E-state index contributed by atoms with van der Waals surface area (Å²) in [6.45, 7) is 2.58. The minimum absolute atomic E-state index is 0.134. The quantitative estimate of drug-likeness (QED) is 0.154. The Morgan fingerprint density at radius 2 is 1.97 bits per heavy atom. The Bertz CT molecular complexity index is 1200. The average molecular weight is 580 g/mol. The zero-order chi connectivity index (χ0) is 23.8. The summed E-state index contributed by atoms with van der Waals surface area (Å²) >= 11 is 8.35. The Balaban J connectivity index is 1.73. The maximum Gasteiger partial charge on any atom is 0.271 e. The van der Waals surface area contributed by atoms with Crippen LogP contribution in [-0.4, -0.2) is 23.7 Å². The van der Waals surface area contributed by atoms with Crippen LogP contribution in [0.1, 0.15) is 28.4 Å². The van der Waals surface area contributed by atoms with Crippen molar-refractivity contribution in [1.29, 1.82) is 0 Å². The van der Waals surface area contributed by atoms with Crippen molar-refractivity contribution in [3.8, 4) is 11.5 Å². The number of nitrogens with one attached hydrogen (secondary N) is 1. The number of halogens is 2. The van der Waals surface area contributed by atoms with E-state index in [9.17, 15) is 14.9 Å². The van der Waals surface area contributed by atoms with Crippen LogP contribution in [0.25, 0.3) is 0 Å². The van der Waals surface area contributed by atoms with Crippen LogP contribution < -0.4 is 14.9 Å². The number of non-ortho nitro benzene ring substituents is 1. The second-order valence-corrected chi connectivity index (χ2v) is 8.22. The van der Waals surface area contributed by atoms with Gasteiger partial charge in [0.25, 0.3) is 11.6 Å². The van der Waals surface area contributed by atoms with E-state index in [0.717, 1.165) is 9.13 Å². The molecule has 0 heterocycles. The molecule has 0 aliphatic carbocycles. The third kappa shape index (κ3) is 6.65. The fraction of sp³-hybridized carbons (Fsp3) is 0.130. The first-order valence-electron chi connectivity index (χ1n) is 9.79. The van der Waals surface area contributed by atoms with Crippen molar-refractivity contribution in [2.24, 2.45) is 5.10 Å². The van der Waals surface area contributed by atoms with E-state index in [2.05, 4.69) is 33.1 Å². The lowest BCUT2D eigenvalue weighted by Crippen LogP contribution is -2.17. The Morgan fingerprint density at radius 3 is 2.70 bits per heavy atom. The topological polar surface area (TPSA) is 103 Å². The smallest absolute Gasteiger partial charge is 0.271 e. The number of rotatable bonds is 9. The summed E-state index contributed by atoms with van der Waals surface area (Å²) in [7, 11) is 0. The average Bonchev–Trinajstić information content (AvgIpc) is 2.80. The highest BCUT2D eigenvalue weighted by molar-refractivity contribution is 14.1. The predicted molar refractivity (Wildman–Crippen MR) is 134 cm³/mol. The van der Waals surface area contributed by atoms with Gasteiger partial charge in [0.1, 0.15) is 6.61 Å². The Hall–Kier alpha value is -3.18. The van der Waals surface area contributed by atoms with E-state index in [1.165, 1.54) is 30.5 Å². The van der Waals surface area contributed by atoms with Gasteiger partial charge in [0.2, 0.25) is 0 Å². The Morgan fingerprint density at radius 1 is 1.18 bits per heavy atom. The lowest BCUT2D eigenvalue weighted by atomic mass is 10.2. The molecule has 1 amide bonds. The molecule has 0 saturated heterocycles. The highest BCUT2D eigenvalue weighted by Crippen LogP contribution is 2.35. The number of hydrogen-bond donors (Lipinski definition) is 1. The molecule has 10 heteroatoms. The van der Waals surface area contributed by atoms with Crippen molar-refractivity contribution in [3.05, 3.63) is 96.1 Å². The molecule has 0 fully saturated rings. The van der Waals surface area contributed by atoms with E-state index >= 15 is 0 Å². The number of carbonyl (C=O) groups is 1. The van der Waals surface area contributed by atoms with E-state index in [1.807, 2.05) is 31.2 Å². The highest BCUT2D eigenvalue weighted by Gasteiger charge is 2.14. The molecule has 3 aromatic rings. The van der Waals surface area contributed by atoms with Gasteiger partial charge < -0.3 is 9.47 Å². The van der Waals surface area contributed by atoms with Gasteiger partial charge >= 0.3 is 0 Å². The van der Waals surface area contributed by atoms with Gasteiger partial charge in [-0.1, -0.05) is 35.9 Å². The number of carbonyl (C=O) groups excluding carboxylic acids is 1. The molecule has 3 rings (SSSR count). The third-order valence-electron chi connectivity index (χ3n) is 4.36. The van der Waals surface area contributed by atoms with Crippen molar-refractivity contribution in [2.75, 3.05) is 6.61 Å². The summed E-state index contributed by atoms with van der Waals surface area (Å²) in [6, 6.07) is 16.4. The van der Waals surface area contributed by atoms with E-state index in [4.69, 9.17) is 21.1 Å². The van der Waals surface area contributed by atoms with Crippen LogP contribution in [0.4, 0.5) is 5.69 Å². The number of nitrogens with zero attached hydrogens (tertiary/aromatic N) is 2. The lowest BCUT2D eigenvalue weighted by Gasteiger charge is -2.15. The molecule has 170 valence electrons. The van der Waals surface area contributed by atoms with Crippen LogP contribution in [0.15, 0.2) is 65.8 Å². The summed E-state index contributed by atoms with van der Waals surface area (Å²) in [5.74, 6) is 0.549. The third-order valence-corrected chi connectivity index (χ3v) is 5.53. The number of nitro groups is 1. The summed E-state index contributed by atoms with van der Waals surface area (Å²) in [5.41, 5.74) is 3.86. The van der Waals surface area contributed by atoms with Crippen molar-refractivity contribution in [2.45, 2.75) is 13.5 Å². The van der Waals surface area contributed by atoms with Crippen molar-refractivity contribution >= 4 is 52.0 Å². The molecule has 1 N–H and O–H groups in total. The van der Waals surface area contributed by atoms with Crippen LogP contribution >= 0.6 is 34.2 Å². The molecule has 0 aromatic heterocycles. The van der Waals surface area contributed by atoms with Gasteiger partial charge in [-0.3, -0.25) is 14.9 Å². The van der Waals surface area contributed by atoms with Crippen molar-refractivity contribution in [3.63, 3.8) is 0 Å². The molecule has 0 atom stereocenters. The summed E-state index contributed by atoms with van der Waals surface area (Å²) in [5, 5.41) is 15.5. The highest BCUT2D eigenvalue weighted by atomic mass is 127. The number of ether oxygens (including phenoxy) is 2. The zero-order valence-corrected chi connectivity index (χ0v) is 20.4. The molecule has 0 spiro atoms. The summed E-state index contributed by atoms with van der Waals surface area (Å²) in [4.78, 5) is 22.6. The Labute approximate surface area is 208 Å². The zero-order valence-electron chi connectivity index (χ0n) is 17.5. The fourth-order valence-corrected chi connectivity index (χ4v) is 3.79. The van der Waals surface area contributed by atoms with E-state index in [-0.39, 0.29) is 17.9 Å². The Kier molecular flexibility index (Phi) is 8.61. The second-order valence-electron chi connectivity index (χ2n) is 6.65. The minimum atomic E-state index is -0.563. The number of hydrazone groups is 1. The van der Waals surface area contributed by atoms with Gasteiger partial charge in [0, 0.05) is 28.3 Å². The van der Waals surface area contributed by atoms with Gasteiger partial charge in [-0.05, 0) is 59.3 Å². The molecule has 0 aliphatic rings. The van der Waals surface area contributed by atoms with Gasteiger partial charge in [0.15, 0.2) is 11.5 Å². The molecule has 0 aliphatic heterocycles. The maximum absolute atomic E-state index is 12.2. The molecule has 0 saturated carbocycles. The van der Waals surface area contributed by atoms with Crippen LogP contribution in [0, 0.1) is 13.7 Å². The van der Waals surface area contributed by atoms with Gasteiger partial charge in [-0.25, -0.2) is 5.43 Å². The van der Waals surface area contributed by atoms with E-state index < -0.39 is 10.8 Å². The van der Waals surface area contributed by atoms with Crippen molar-refractivity contribution < 1.29 is 19.2 Å². The maximum atomic E-state index is 12.2. The normalized spacial score (nSPS) is 10.8. The molecule has 0 radical (unpaired) electrons. The number of amides is 1. The predicted octanol–water partition coefficient (Wildman–Crippen LogP) is 5.59. The van der Waals surface area contributed by atoms with Gasteiger partial charge in [-0.15, -0.1) is 0 Å². The minimum Gasteiger partial charge on any atom is -0.490 e. The lowest BCUT2D eigenvalue weighted by molar-refractivity contribution is -0.384. The number of nitro benzene ring substituents is 1. The fourth-order valence-electron chi connectivity index (χ4n) is 2.82. The summed E-state index contributed by atoms with van der Waals surface area (Å²) < 4.78 is 12.5. The molecule has 33 heavy (non-hydrogen) atoms. The largest absolute Gasteiger partial charge is 0.490 e. The van der Waals surface area contributed by atoms with Gasteiger partial charge in [0.05, 0.1) is 21.3 Å². The standard InChI is InChI=1S/C23H19ClIN3O5/c1-2-32-21-11-15(10-20(25)22(21)33-14-17-6-3-4-9-19(17)24)13-26-27-23(29)16-7-5-8-18(12-16)28(30)31/h3-13H,2,14H2,1H3,(H,27,29). The van der Waals surface area contributed by atoms with Crippen LogP contribution in [0.3, 0.4) is 0 Å².